The summed E-state index contributed by atoms with van der Waals surface area (Å²) in [6.45, 7) is 1.59. The molecule has 20 heavy (non-hydrogen) atoms. The van der Waals surface area contributed by atoms with Gasteiger partial charge in [-0.05, 0) is 26.0 Å². The van der Waals surface area contributed by atoms with Crippen LogP contribution in [-0.2, 0) is 0 Å². The molecule has 0 saturated heterocycles. The van der Waals surface area contributed by atoms with Crippen LogP contribution in [-0.4, -0.2) is 41.8 Å². The van der Waals surface area contributed by atoms with Gasteiger partial charge in [-0.25, -0.2) is 0 Å². The third kappa shape index (κ3) is 4.04. The van der Waals surface area contributed by atoms with E-state index in [1.165, 1.54) is 39.2 Å². The number of halogens is 3. The maximum Gasteiger partial charge on any atom is 0.406 e. The smallest absolute Gasteiger partial charge is 0.406 e. The number of aromatic hydroxyl groups is 1. The minimum Gasteiger partial charge on any atom is -0.507 e. The quantitative estimate of drug-likeness (QED) is 0.928. The minimum atomic E-state index is -4.50. The first kappa shape index (κ1) is 16.1. The summed E-state index contributed by atoms with van der Waals surface area (Å²) in [5.74, 6) is -0.981. The lowest BCUT2D eigenvalue weighted by molar-refractivity contribution is -0.143. The van der Waals surface area contributed by atoms with Crippen molar-refractivity contribution >= 4 is 5.91 Å². The second kappa shape index (κ2) is 6.02. The summed E-state index contributed by atoms with van der Waals surface area (Å²) in [6, 6.07) is 3.17. The number of hydrogen-bond acceptors (Lipinski definition) is 3. The van der Waals surface area contributed by atoms with E-state index >= 15 is 0 Å². The number of carbonyl (C=O) groups is 1. The molecule has 0 radical (unpaired) electrons. The summed E-state index contributed by atoms with van der Waals surface area (Å²) in [5, 5.41) is 9.71. The number of ether oxygens (including phenoxy) is 1. The van der Waals surface area contributed by atoms with Gasteiger partial charge >= 0.3 is 6.18 Å². The molecule has 0 aliphatic rings. The Hall–Kier alpha value is -1.92. The van der Waals surface area contributed by atoms with Crippen molar-refractivity contribution in [2.24, 2.45) is 0 Å². The van der Waals surface area contributed by atoms with Crippen LogP contribution >= 0.6 is 0 Å². The van der Waals surface area contributed by atoms with E-state index in [0.29, 0.717) is 10.6 Å². The van der Waals surface area contributed by atoms with Crippen LogP contribution in [0, 0.1) is 0 Å². The first-order chi connectivity index (χ1) is 9.15. The molecule has 0 heterocycles. The standard InChI is InChI=1S/C13H16F3NO3/c1-8(2)17(7-13(14,15)16)12(19)10-5-4-9(20-3)6-11(10)18/h4-6,8,18H,7H2,1-3H3. The number of carbonyl (C=O) groups excluding carboxylic acids is 1. The number of rotatable bonds is 4. The second-order valence-electron chi connectivity index (χ2n) is 4.53. The number of methoxy groups -OCH3 is 1. The molecule has 0 aromatic heterocycles. The van der Waals surface area contributed by atoms with Crippen molar-refractivity contribution in [3.05, 3.63) is 23.8 Å². The third-order valence-electron chi connectivity index (χ3n) is 2.67. The molecule has 0 bridgehead atoms. The number of alkyl halides is 3. The number of hydrogen-bond donors (Lipinski definition) is 1. The van der Waals surface area contributed by atoms with E-state index in [9.17, 15) is 23.1 Å². The molecule has 1 aromatic rings. The fourth-order valence-electron chi connectivity index (χ4n) is 1.66. The molecule has 0 saturated carbocycles. The van der Waals surface area contributed by atoms with Gasteiger partial charge in [0, 0.05) is 12.1 Å². The van der Waals surface area contributed by atoms with Crippen LogP contribution in [0.1, 0.15) is 24.2 Å². The van der Waals surface area contributed by atoms with Crippen molar-refractivity contribution in [2.75, 3.05) is 13.7 Å². The van der Waals surface area contributed by atoms with Crippen LogP contribution in [0.5, 0.6) is 11.5 Å². The Bertz CT molecular complexity index is 486. The Balaban J connectivity index is 3.07. The molecule has 7 heteroatoms. The zero-order chi connectivity index (χ0) is 15.5. The Morgan fingerprint density at radius 2 is 2.00 bits per heavy atom. The highest BCUT2D eigenvalue weighted by molar-refractivity contribution is 5.97. The lowest BCUT2D eigenvalue weighted by Gasteiger charge is -2.28. The summed E-state index contributed by atoms with van der Waals surface area (Å²) < 4.78 is 42.3. The molecule has 1 N–H and O–H groups in total. The molecular formula is C13H16F3NO3. The van der Waals surface area contributed by atoms with Crippen molar-refractivity contribution in [1.29, 1.82) is 0 Å². The number of phenols is 1. The second-order valence-corrected chi connectivity index (χ2v) is 4.53. The molecule has 0 aliphatic carbocycles. The van der Waals surface area contributed by atoms with Gasteiger partial charge in [0.2, 0.25) is 0 Å². The van der Waals surface area contributed by atoms with Crippen LogP contribution in [0.3, 0.4) is 0 Å². The molecular weight excluding hydrogens is 275 g/mol. The van der Waals surface area contributed by atoms with Gasteiger partial charge in [0.1, 0.15) is 18.0 Å². The van der Waals surface area contributed by atoms with E-state index in [-0.39, 0.29) is 5.56 Å². The fraction of sp³-hybridized carbons (Fsp3) is 0.462. The SMILES string of the molecule is COc1ccc(C(=O)N(CC(F)(F)F)C(C)C)c(O)c1. The molecule has 0 unspecified atom stereocenters. The van der Waals surface area contributed by atoms with Gasteiger partial charge in [-0.1, -0.05) is 0 Å². The summed E-state index contributed by atoms with van der Waals surface area (Å²) in [4.78, 5) is 12.8. The first-order valence-corrected chi connectivity index (χ1v) is 5.90. The lowest BCUT2D eigenvalue weighted by Crippen LogP contribution is -2.43. The molecule has 112 valence electrons. The summed E-state index contributed by atoms with van der Waals surface area (Å²) in [5.41, 5.74) is -0.191. The lowest BCUT2D eigenvalue weighted by atomic mass is 10.1. The van der Waals surface area contributed by atoms with E-state index in [1.807, 2.05) is 0 Å². The molecule has 1 aromatic carbocycles. The number of nitrogens with zero attached hydrogens (tertiary/aromatic N) is 1. The van der Waals surface area contributed by atoms with Crippen LogP contribution < -0.4 is 4.74 Å². The van der Waals surface area contributed by atoms with Crippen LogP contribution in [0.15, 0.2) is 18.2 Å². The Morgan fingerprint density at radius 1 is 1.40 bits per heavy atom. The average molecular weight is 291 g/mol. The minimum absolute atomic E-state index is 0.191. The topological polar surface area (TPSA) is 49.8 Å². The highest BCUT2D eigenvalue weighted by Gasteiger charge is 2.35. The highest BCUT2D eigenvalue weighted by Crippen LogP contribution is 2.27. The number of benzene rings is 1. The fourth-order valence-corrected chi connectivity index (χ4v) is 1.66. The molecule has 0 atom stereocenters. The molecule has 0 spiro atoms. The number of phenolic OH excluding ortho intramolecular Hbond substituents is 1. The highest BCUT2D eigenvalue weighted by atomic mass is 19.4. The van der Waals surface area contributed by atoms with Gasteiger partial charge in [-0.3, -0.25) is 4.79 Å². The van der Waals surface area contributed by atoms with Crippen molar-refractivity contribution in [1.82, 2.24) is 4.90 Å². The van der Waals surface area contributed by atoms with E-state index in [2.05, 4.69) is 0 Å². The largest absolute Gasteiger partial charge is 0.507 e. The number of amides is 1. The summed E-state index contributed by atoms with van der Waals surface area (Å²) >= 11 is 0. The predicted octanol–water partition coefficient (Wildman–Crippen LogP) is 2.81. The zero-order valence-electron chi connectivity index (χ0n) is 11.4. The summed E-state index contributed by atoms with van der Waals surface area (Å²) in [6.07, 6.45) is -4.50. The van der Waals surface area contributed by atoms with E-state index < -0.39 is 30.4 Å². The van der Waals surface area contributed by atoms with E-state index in [0.717, 1.165) is 0 Å². The maximum absolute atomic E-state index is 12.5. The molecule has 0 aliphatic heterocycles. The maximum atomic E-state index is 12.5. The van der Waals surface area contributed by atoms with Crippen molar-refractivity contribution in [2.45, 2.75) is 26.1 Å². The molecule has 1 rings (SSSR count). The Labute approximate surface area is 114 Å². The Morgan fingerprint density at radius 3 is 2.40 bits per heavy atom. The van der Waals surface area contributed by atoms with Gasteiger partial charge < -0.3 is 14.7 Å². The predicted molar refractivity (Wildman–Crippen MR) is 66.9 cm³/mol. The normalized spacial score (nSPS) is 11.6. The molecule has 4 nitrogen and oxygen atoms in total. The van der Waals surface area contributed by atoms with Crippen LogP contribution in [0.4, 0.5) is 13.2 Å². The molecule has 0 fully saturated rings. The van der Waals surface area contributed by atoms with E-state index in [1.54, 1.807) is 0 Å². The van der Waals surface area contributed by atoms with Crippen molar-refractivity contribution < 1.29 is 27.8 Å². The average Bonchev–Trinajstić information content (AvgIpc) is 2.33. The van der Waals surface area contributed by atoms with Crippen molar-refractivity contribution in [3.8, 4) is 11.5 Å². The van der Waals surface area contributed by atoms with Crippen LogP contribution in [0.25, 0.3) is 0 Å². The van der Waals surface area contributed by atoms with Crippen molar-refractivity contribution in [3.63, 3.8) is 0 Å². The molecule has 1 amide bonds. The van der Waals surface area contributed by atoms with Gasteiger partial charge in [-0.15, -0.1) is 0 Å². The first-order valence-electron chi connectivity index (χ1n) is 5.90. The monoisotopic (exact) mass is 291 g/mol. The van der Waals surface area contributed by atoms with Gasteiger partial charge in [0.15, 0.2) is 0 Å². The van der Waals surface area contributed by atoms with E-state index in [4.69, 9.17) is 4.74 Å². The van der Waals surface area contributed by atoms with Gasteiger partial charge in [-0.2, -0.15) is 13.2 Å². The van der Waals surface area contributed by atoms with Gasteiger partial charge in [0.05, 0.1) is 12.7 Å². The van der Waals surface area contributed by atoms with Crippen LogP contribution in [0.2, 0.25) is 0 Å². The zero-order valence-corrected chi connectivity index (χ0v) is 11.4. The Kier molecular flexibility index (Phi) is 4.86. The van der Waals surface area contributed by atoms with Gasteiger partial charge in [0.25, 0.3) is 5.91 Å². The third-order valence-corrected chi connectivity index (χ3v) is 2.67. The summed E-state index contributed by atoms with van der Waals surface area (Å²) in [7, 11) is 1.38.